The molecule has 0 spiro atoms. The molecule has 0 radical (unpaired) electrons. The van der Waals surface area contributed by atoms with Gasteiger partial charge in [-0.15, -0.1) is 11.8 Å². The van der Waals surface area contributed by atoms with Gasteiger partial charge in [-0.1, -0.05) is 29.1 Å². The van der Waals surface area contributed by atoms with Crippen molar-refractivity contribution in [2.45, 2.75) is 21.5 Å². The lowest BCUT2D eigenvalue weighted by atomic mass is 10.2. The number of nitrogens with two attached hydrogens (primary N) is 1. The van der Waals surface area contributed by atoms with Gasteiger partial charge in [-0.2, -0.15) is 0 Å². The van der Waals surface area contributed by atoms with Crippen molar-refractivity contribution in [2.24, 2.45) is 10.9 Å². The Labute approximate surface area is 142 Å². The van der Waals surface area contributed by atoms with E-state index in [1.807, 2.05) is 24.3 Å². The minimum atomic E-state index is -0.628. The molecule has 0 fully saturated rings. The van der Waals surface area contributed by atoms with Crippen molar-refractivity contribution in [3.8, 4) is 0 Å². The van der Waals surface area contributed by atoms with Crippen LogP contribution in [0.2, 0.25) is 0 Å². The minimum absolute atomic E-state index is 0.0559. The van der Waals surface area contributed by atoms with Crippen LogP contribution in [0.25, 0.3) is 0 Å². The lowest BCUT2D eigenvalue weighted by Gasteiger charge is -2.26. The summed E-state index contributed by atoms with van der Waals surface area (Å²) in [7, 11) is 0. The molecule has 1 aromatic carbocycles. The number of primary amides is 1. The zero-order valence-electron chi connectivity index (χ0n) is 12.2. The minimum Gasteiger partial charge on any atom is -0.395 e. The average molecular weight is 352 g/mol. The molecule has 1 heterocycles. The van der Waals surface area contributed by atoms with Gasteiger partial charge in [0.25, 0.3) is 5.91 Å². The summed E-state index contributed by atoms with van der Waals surface area (Å²) in [5.74, 6) is -0.628. The molecular formula is C15H16N2O4S2. The van der Waals surface area contributed by atoms with Crippen LogP contribution in [0.5, 0.6) is 0 Å². The number of rotatable bonds is 7. The highest BCUT2D eigenvalue weighted by molar-refractivity contribution is 8.08. The normalized spacial score (nSPS) is 19.3. The van der Waals surface area contributed by atoms with Gasteiger partial charge in [-0.3, -0.25) is 4.79 Å². The van der Waals surface area contributed by atoms with Crippen molar-refractivity contribution in [2.75, 3.05) is 13.2 Å². The second-order valence-corrected chi connectivity index (χ2v) is 6.90. The maximum Gasteiger partial charge on any atom is 0.258 e. The average Bonchev–Trinajstić information content (AvgIpc) is 2.56. The quantitative estimate of drug-likeness (QED) is 0.439. The Morgan fingerprint density at radius 3 is 2.78 bits per heavy atom. The van der Waals surface area contributed by atoms with Gasteiger partial charge in [0.2, 0.25) is 0 Å². The third-order valence-corrected chi connectivity index (χ3v) is 5.81. The number of hydrogen-bond donors (Lipinski definition) is 2. The Balaban J connectivity index is 2.28. The number of aliphatic hydroxyl groups is 1. The van der Waals surface area contributed by atoms with E-state index in [9.17, 15) is 14.7 Å². The number of hydrogen-bond acceptors (Lipinski definition) is 7. The highest BCUT2D eigenvalue weighted by atomic mass is 32.2. The van der Waals surface area contributed by atoms with E-state index >= 15 is 0 Å². The lowest BCUT2D eigenvalue weighted by Crippen LogP contribution is -2.17. The molecule has 0 bridgehead atoms. The van der Waals surface area contributed by atoms with Crippen molar-refractivity contribution in [1.82, 2.24) is 0 Å². The lowest BCUT2D eigenvalue weighted by molar-refractivity contribution is -0.122. The van der Waals surface area contributed by atoms with Crippen LogP contribution in [0.15, 0.2) is 49.7 Å². The smallest absolute Gasteiger partial charge is 0.258 e. The first-order chi connectivity index (χ1) is 11.2. The zero-order valence-corrected chi connectivity index (χ0v) is 13.8. The molecule has 122 valence electrons. The molecule has 0 saturated carbocycles. The number of amides is 1. The van der Waals surface area contributed by atoms with Gasteiger partial charge in [-0.05, 0) is 17.7 Å². The summed E-state index contributed by atoms with van der Waals surface area (Å²) in [5, 5.41) is 13.2. The maximum absolute atomic E-state index is 11.0. The van der Waals surface area contributed by atoms with Gasteiger partial charge in [0.05, 0.1) is 18.1 Å². The SMILES string of the molecule is NC(=O)CO/N=C/C(CC=O)=C1\Sc2ccccc2SC1CO. The predicted octanol–water partition coefficient (Wildman–Crippen LogP) is 1.58. The fourth-order valence-electron chi connectivity index (χ4n) is 1.92. The van der Waals surface area contributed by atoms with Gasteiger partial charge in [-0.25, -0.2) is 0 Å². The number of carbonyl (C=O) groups is 2. The molecule has 1 unspecified atom stereocenters. The molecule has 6 nitrogen and oxygen atoms in total. The Kier molecular flexibility index (Phi) is 6.69. The highest BCUT2D eigenvalue weighted by Crippen LogP contribution is 2.48. The number of aliphatic hydroxyl groups excluding tert-OH is 1. The van der Waals surface area contributed by atoms with Crippen molar-refractivity contribution in [3.05, 3.63) is 34.7 Å². The molecule has 0 saturated heterocycles. The third-order valence-electron chi connectivity index (χ3n) is 2.91. The molecule has 0 aliphatic carbocycles. The van der Waals surface area contributed by atoms with E-state index in [4.69, 9.17) is 10.6 Å². The fraction of sp³-hybridized carbons (Fsp3) is 0.267. The van der Waals surface area contributed by atoms with Crippen LogP contribution in [-0.4, -0.2) is 42.0 Å². The van der Waals surface area contributed by atoms with E-state index in [-0.39, 0.29) is 24.9 Å². The van der Waals surface area contributed by atoms with E-state index in [1.165, 1.54) is 18.0 Å². The Bertz CT molecular complexity index is 646. The second kappa shape index (κ2) is 8.76. The summed E-state index contributed by atoms with van der Waals surface area (Å²) >= 11 is 3.05. The van der Waals surface area contributed by atoms with Crippen LogP contribution in [0, 0.1) is 0 Å². The number of nitrogens with zero attached hydrogens (tertiary/aromatic N) is 1. The van der Waals surface area contributed by atoms with E-state index in [0.29, 0.717) is 5.57 Å². The number of oxime groups is 1. The standard InChI is InChI=1S/C15H16N2O4S2/c16-14(20)9-21-17-7-10(5-6-18)15-13(8-19)22-11-3-1-2-4-12(11)23-15/h1-4,6-7,13,19H,5,8-9H2,(H2,16,20)/b15-10-,17-7+. The molecule has 1 aliphatic heterocycles. The van der Waals surface area contributed by atoms with Gasteiger partial charge in [0, 0.05) is 21.1 Å². The van der Waals surface area contributed by atoms with E-state index in [1.54, 1.807) is 11.8 Å². The summed E-state index contributed by atoms with van der Waals surface area (Å²) in [6.07, 6.45) is 2.31. The first-order valence-electron chi connectivity index (χ1n) is 6.80. The van der Waals surface area contributed by atoms with Gasteiger partial charge >= 0.3 is 0 Å². The van der Waals surface area contributed by atoms with Crippen LogP contribution >= 0.6 is 23.5 Å². The number of fused-ring (bicyclic) bond motifs is 1. The molecule has 1 aromatic rings. The van der Waals surface area contributed by atoms with E-state index < -0.39 is 5.91 Å². The molecule has 23 heavy (non-hydrogen) atoms. The fourth-order valence-corrected chi connectivity index (χ4v) is 4.49. The molecule has 1 atom stereocenters. The topological polar surface area (TPSA) is 102 Å². The van der Waals surface area contributed by atoms with Crippen LogP contribution < -0.4 is 5.73 Å². The van der Waals surface area contributed by atoms with Gasteiger partial charge in [0.15, 0.2) is 6.61 Å². The number of allylic oxidation sites excluding steroid dienone is 1. The molecular weight excluding hydrogens is 336 g/mol. The van der Waals surface area contributed by atoms with Crippen molar-refractivity contribution >= 4 is 41.9 Å². The van der Waals surface area contributed by atoms with Crippen LogP contribution in [0.4, 0.5) is 0 Å². The first kappa shape index (κ1) is 17.6. The number of carbonyl (C=O) groups excluding carboxylic acids is 2. The third kappa shape index (κ3) is 4.85. The maximum atomic E-state index is 11.0. The van der Waals surface area contributed by atoms with E-state index in [2.05, 4.69) is 5.16 Å². The number of thioether (sulfide) groups is 2. The first-order valence-corrected chi connectivity index (χ1v) is 8.50. The number of benzene rings is 1. The Morgan fingerprint density at radius 2 is 2.13 bits per heavy atom. The Morgan fingerprint density at radius 1 is 1.39 bits per heavy atom. The molecule has 2 rings (SSSR count). The summed E-state index contributed by atoms with van der Waals surface area (Å²) in [6, 6.07) is 7.86. The summed E-state index contributed by atoms with van der Waals surface area (Å²) < 4.78 is 0. The van der Waals surface area contributed by atoms with Crippen LogP contribution in [0.1, 0.15) is 6.42 Å². The van der Waals surface area contributed by atoms with Crippen molar-refractivity contribution < 1.29 is 19.5 Å². The van der Waals surface area contributed by atoms with Crippen LogP contribution in [0.3, 0.4) is 0 Å². The zero-order chi connectivity index (χ0) is 16.7. The molecule has 1 aliphatic rings. The molecule has 8 heteroatoms. The van der Waals surface area contributed by atoms with E-state index in [0.717, 1.165) is 21.0 Å². The summed E-state index contributed by atoms with van der Waals surface area (Å²) in [5.41, 5.74) is 5.61. The van der Waals surface area contributed by atoms with Crippen molar-refractivity contribution in [1.29, 1.82) is 0 Å². The highest BCUT2D eigenvalue weighted by Gasteiger charge is 2.26. The predicted molar refractivity (Wildman–Crippen MR) is 90.4 cm³/mol. The van der Waals surface area contributed by atoms with Crippen LogP contribution in [-0.2, 0) is 14.4 Å². The number of aldehydes is 1. The summed E-state index contributed by atoms with van der Waals surface area (Å²) in [4.78, 5) is 29.3. The monoisotopic (exact) mass is 352 g/mol. The molecule has 1 amide bonds. The summed E-state index contributed by atoms with van der Waals surface area (Å²) in [6.45, 7) is -0.381. The van der Waals surface area contributed by atoms with Gasteiger partial charge < -0.3 is 20.5 Å². The molecule has 0 aromatic heterocycles. The Hall–Kier alpha value is -1.77. The van der Waals surface area contributed by atoms with Crippen molar-refractivity contribution in [3.63, 3.8) is 0 Å². The van der Waals surface area contributed by atoms with Gasteiger partial charge in [0.1, 0.15) is 6.29 Å². The largest absolute Gasteiger partial charge is 0.395 e. The molecule has 3 N–H and O–H groups in total. The second-order valence-electron chi connectivity index (χ2n) is 4.57.